The molecule has 134 valence electrons. The average molecular weight is 361 g/mol. The Balaban J connectivity index is 3.13. The molecule has 0 amide bonds. The third-order valence-corrected chi connectivity index (χ3v) is 4.59. The first kappa shape index (κ1) is 20.0. The predicted octanol–water partition coefficient (Wildman–Crippen LogP) is 1.92. The molecule has 1 aromatic carbocycles. The molecule has 0 saturated heterocycles. The number of halogens is 1. The maximum Gasteiger partial charge on any atom is 0.338 e. The zero-order chi connectivity index (χ0) is 18.3. The molecule has 0 spiro atoms. The van der Waals surface area contributed by atoms with E-state index in [1.54, 1.807) is 6.92 Å². The second-order valence-corrected chi connectivity index (χ2v) is 6.76. The predicted molar refractivity (Wildman–Crippen MR) is 83.6 cm³/mol. The Morgan fingerprint density at radius 1 is 1.29 bits per heavy atom. The first-order valence-corrected chi connectivity index (χ1v) is 8.92. The van der Waals surface area contributed by atoms with Crippen molar-refractivity contribution in [3.05, 3.63) is 29.6 Å². The van der Waals surface area contributed by atoms with Crippen molar-refractivity contribution in [2.75, 3.05) is 6.61 Å². The van der Waals surface area contributed by atoms with E-state index in [1.165, 1.54) is 0 Å². The van der Waals surface area contributed by atoms with Crippen molar-refractivity contribution >= 4 is 22.0 Å². The van der Waals surface area contributed by atoms with Crippen LogP contribution in [0.2, 0.25) is 0 Å². The SMILES string of the molecule is CCCC[C@H](NS(=O)(=O)c1cc(F)cc(C(=O)OCC)c1)C(=O)O. The van der Waals surface area contributed by atoms with Crippen LogP contribution in [0.5, 0.6) is 0 Å². The molecule has 0 aliphatic carbocycles. The van der Waals surface area contributed by atoms with Gasteiger partial charge in [0.15, 0.2) is 0 Å². The Bertz CT molecular complexity index is 704. The van der Waals surface area contributed by atoms with Gasteiger partial charge in [-0.05, 0) is 31.5 Å². The molecule has 0 saturated carbocycles. The topological polar surface area (TPSA) is 110 Å². The second-order valence-electron chi connectivity index (χ2n) is 5.05. The molecule has 7 nitrogen and oxygen atoms in total. The molecular weight excluding hydrogens is 341 g/mol. The molecule has 1 aromatic rings. The number of carboxylic acid groups (broad SMARTS) is 1. The lowest BCUT2D eigenvalue weighted by atomic mass is 10.1. The molecule has 0 radical (unpaired) electrons. The first-order chi connectivity index (χ1) is 11.2. The van der Waals surface area contributed by atoms with Crippen molar-refractivity contribution in [2.24, 2.45) is 0 Å². The van der Waals surface area contributed by atoms with Crippen LogP contribution in [0, 0.1) is 5.82 Å². The number of ether oxygens (including phenoxy) is 1. The molecule has 0 fully saturated rings. The van der Waals surface area contributed by atoms with E-state index in [9.17, 15) is 22.4 Å². The van der Waals surface area contributed by atoms with E-state index in [1.807, 2.05) is 11.6 Å². The van der Waals surface area contributed by atoms with Gasteiger partial charge in [0.25, 0.3) is 0 Å². The summed E-state index contributed by atoms with van der Waals surface area (Å²) in [7, 11) is -4.31. The fourth-order valence-corrected chi connectivity index (χ4v) is 3.23. The number of carboxylic acids is 1. The van der Waals surface area contributed by atoms with Gasteiger partial charge in [0.05, 0.1) is 17.1 Å². The van der Waals surface area contributed by atoms with Gasteiger partial charge in [0.2, 0.25) is 10.0 Å². The van der Waals surface area contributed by atoms with E-state index in [0.29, 0.717) is 18.9 Å². The van der Waals surface area contributed by atoms with Crippen LogP contribution in [0.1, 0.15) is 43.5 Å². The summed E-state index contributed by atoms with van der Waals surface area (Å²) in [5.74, 6) is -3.13. The van der Waals surface area contributed by atoms with E-state index in [2.05, 4.69) is 0 Å². The minimum Gasteiger partial charge on any atom is -0.480 e. The normalized spacial score (nSPS) is 12.6. The summed E-state index contributed by atoms with van der Waals surface area (Å²) in [5, 5.41) is 9.10. The van der Waals surface area contributed by atoms with Gasteiger partial charge in [-0.3, -0.25) is 4.79 Å². The minimum atomic E-state index is -4.31. The van der Waals surface area contributed by atoms with Crippen LogP contribution in [-0.4, -0.2) is 38.1 Å². The number of hydrogen-bond acceptors (Lipinski definition) is 5. The van der Waals surface area contributed by atoms with Gasteiger partial charge >= 0.3 is 11.9 Å². The number of carbonyl (C=O) groups is 2. The summed E-state index contributed by atoms with van der Waals surface area (Å²) in [4.78, 5) is 22.3. The van der Waals surface area contributed by atoms with E-state index in [-0.39, 0.29) is 18.6 Å². The number of unbranched alkanes of at least 4 members (excludes halogenated alkanes) is 1. The van der Waals surface area contributed by atoms with E-state index < -0.39 is 38.7 Å². The van der Waals surface area contributed by atoms with Crippen molar-refractivity contribution in [1.29, 1.82) is 0 Å². The van der Waals surface area contributed by atoms with Crippen molar-refractivity contribution in [1.82, 2.24) is 4.72 Å². The highest BCUT2D eigenvalue weighted by molar-refractivity contribution is 7.89. The summed E-state index contributed by atoms with van der Waals surface area (Å²) in [6.45, 7) is 3.45. The molecule has 2 N–H and O–H groups in total. The molecule has 0 bridgehead atoms. The quantitative estimate of drug-likeness (QED) is 0.650. The van der Waals surface area contributed by atoms with Gasteiger partial charge in [0, 0.05) is 0 Å². The Morgan fingerprint density at radius 2 is 1.96 bits per heavy atom. The fourth-order valence-electron chi connectivity index (χ4n) is 1.95. The maximum atomic E-state index is 13.6. The molecule has 9 heteroatoms. The van der Waals surface area contributed by atoms with E-state index in [4.69, 9.17) is 9.84 Å². The highest BCUT2D eigenvalue weighted by Gasteiger charge is 2.26. The third kappa shape index (κ3) is 5.57. The second kappa shape index (κ2) is 8.74. The average Bonchev–Trinajstić information content (AvgIpc) is 2.50. The number of esters is 1. The summed E-state index contributed by atoms with van der Waals surface area (Å²) >= 11 is 0. The molecule has 1 rings (SSSR count). The molecule has 0 heterocycles. The fraction of sp³-hybridized carbons (Fsp3) is 0.467. The van der Waals surface area contributed by atoms with Crippen molar-refractivity contribution in [3.63, 3.8) is 0 Å². The van der Waals surface area contributed by atoms with Crippen LogP contribution in [0.25, 0.3) is 0 Å². The lowest BCUT2D eigenvalue weighted by Gasteiger charge is -2.15. The molecule has 0 unspecified atom stereocenters. The van der Waals surface area contributed by atoms with Crippen LogP contribution in [-0.2, 0) is 19.6 Å². The Morgan fingerprint density at radius 3 is 2.50 bits per heavy atom. The number of benzene rings is 1. The first-order valence-electron chi connectivity index (χ1n) is 7.44. The summed E-state index contributed by atoms with van der Waals surface area (Å²) in [6, 6.07) is 1.18. The largest absolute Gasteiger partial charge is 0.480 e. The van der Waals surface area contributed by atoms with Crippen LogP contribution in [0.4, 0.5) is 4.39 Å². The van der Waals surface area contributed by atoms with Gasteiger partial charge in [-0.15, -0.1) is 0 Å². The zero-order valence-electron chi connectivity index (χ0n) is 13.4. The van der Waals surface area contributed by atoms with Gasteiger partial charge in [-0.2, -0.15) is 4.72 Å². The van der Waals surface area contributed by atoms with Crippen LogP contribution in [0.3, 0.4) is 0 Å². The van der Waals surface area contributed by atoms with Gasteiger partial charge in [-0.1, -0.05) is 19.8 Å². The van der Waals surface area contributed by atoms with Crippen LogP contribution in [0.15, 0.2) is 23.1 Å². The summed E-state index contributed by atoms with van der Waals surface area (Å²) in [5.41, 5.74) is -0.266. The molecule has 24 heavy (non-hydrogen) atoms. The minimum absolute atomic E-state index is 0.0494. The standard InChI is InChI=1S/C15H20FNO6S/c1-3-5-6-13(14(18)19)17-24(21,22)12-8-10(7-11(16)9-12)15(20)23-4-2/h7-9,13,17H,3-6H2,1-2H3,(H,18,19)/t13-/m0/s1. The van der Waals surface area contributed by atoms with Crippen LogP contribution >= 0.6 is 0 Å². The Kier molecular flexibility index (Phi) is 7.30. The number of hydrogen-bond donors (Lipinski definition) is 2. The lowest BCUT2D eigenvalue weighted by Crippen LogP contribution is -2.40. The van der Waals surface area contributed by atoms with Gasteiger partial charge in [0.1, 0.15) is 11.9 Å². The number of nitrogens with one attached hydrogen (secondary N) is 1. The third-order valence-electron chi connectivity index (χ3n) is 3.13. The number of rotatable bonds is 9. The van der Waals surface area contributed by atoms with Crippen LogP contribution < -0.4 is 4.72 Å². The smallest absolute Gasteiger partial charge is 0.338 e. The van der Waals surface area contributed by atoms with Gasteiger partial charge < -0.3 is 9.84 Å². The number of sulfonamides is 1. The highest BCUT2D eigenvalue weighted by Crippen LogP contribution is 2.17. The molecule has 0 aliphatic rings. The zero-order valence-corrected chi connectivity index (χ0v) is 14.2. The summed E-state index contributed by atoms with van der Waals surface area (Å²) in [6.07, 6.45) is 1.31. The Hall–Kier alpha value is -2.00. The van der Waals surface area contributed by atoms with Crippen molar-refractivity contribution in [3.8, 4) is 0 Å². The highest BCUT2D eigenvalue weighted by atomic mass is 32.2. The number of carbonyl (C=O) groups excluding carboxylic acids is 1. The molecule has 1 atom stereocenters. The Labute approximate surface area is 139 Å². The lowest BCUT2D eigenvalue weighted by molar-refractivity contribution is -0.139. The summed E-state index contributed by atoms with van der Waals surface area (Å²) < 4.78 is 45.0. The maximum absolute atomic E-state index is 13.6. The van der Waals surface area contributed by atoms with E-state index >= 15 is 0 Å². The van der Waals surface area contributed by atoms with Gasteiger partial charge in [-0.25, -0.2) is 17.6 Å². The van der Waals surface area contributed by atoms with E-state index in [0.717, 1.165) is 12.1 Å². The van der Waals surface area contributed by atoms with Crippen molar-refractivity contribution in [2.45, 2.75) is 44.0 Å². The van der Waals surface area contributed by atoms with Crippen molar-refractivity contribution < 1.29 is 32.2 Å². The number of aliphatic carboxylic acids is 1. The molecule has 0 aromatic heterocycles. The molecule has 0 aliphatic heterocycles. The monoisotopic (exact) mass is 361 g/mol. The molecular formula is C15H20FNO6S.